The third kappa shape index (κ3) is 8.31. The van der Waals surface area contributed by atoms with E-state index in [1.165, 1.54) is 0 Å². The molecule has 2 N–H and O–H groups in total. The number of hydrogen-bond donors (Lipinski definition) is 2. The van der Waals surface area contributed by atoms with Crippen LogP contribution in [0.3, 0.4) is 0 Å². The second kappa shape index (κ2) is 17.0. The maximum absolute atomic E-state index is 13.6. The van der Waals surface area contributed by atoms with Crippen molar-refractivity contribution < 1.29 is 28.7 Å². The molecule has 3 aromatic carbocycles. The Bertz CT molecular complexity index is 2230. The van der Waals surface area contributed by atoms with E-state index in [-0.39, 0.29) is 30.9 Å². The Balaban J connectivity index is 0.780. The lowest BCUT2D eigenvalue weighted by Crippen LogP contribution is -2.54. The van der Waals surface area contributed by atoms with Crippen LogP contribution >= 0.6 is 11.6 Å². The molecule has 1 saturated carbocycles. The normalized spacial score (nSPS) is 22.9. The zero-order valence-electron chi connectivity index (χ0n) is 32.2. The van der Waals surface area contributed by atoms with Gasteiger partial charge in [-0.1, -0.05) is 29.5 Å². The van der Waals surface area contributed by atoms with Crippen molar-refractivity contribution in [3.05, 3.63) is 93.5 Å². The van der Waals surface area contributed by atoms with Gasteiger partial charge in [0, 0.05) is 49.2 Å². The van der Waals surface area contributed by atoms with E-state index in [1.54, 1.807) is 30.3 Å². The number of carbonyl (C=O) groups is 5. The average Bonchev–Trinajstić information content (AvgIpc) is 3.77. The fourth-order valence-corrected chi connectivity index (χ4v) is 9.16. The summed E-state index contributed by atoms with van der Waals surface area (Å²) in [6.07, 6.45) is 6.57. The second-order valence-electron chi connectivity index (χ2n) is 15.9. The van der Waals surface area contributed by atoms with Crippen molar-refractivity contribution in [1.29, 1.82) is 5.26 Å². The molecule has 4 heterocycles. The van der Waals surface area contributed by atoms with E-state index < -0.39 is 29.7 Å². The SMILES string of the molecule is N#Cc1ccc(OC2CCCC2NC(=O)c2ccc(C#CC3CCN(CC4CCN(c5cccc6c5C(=O)N(C5CCC(=O)NC5=O)C6=O)CC4)CC3)cc2)cc1Cl. The van der Waals surface area contributed by atoms with Crippen molar-refractivity contribution >= 4 is 46.8 Å². The van der Waals surface area contributed by atoms with E-state index in [0.717, 1.165) is 93.8 Å². The van der Waals surface area contributed by atoms with Crippen molar-refractivity contribution in [3.8, 4) is 23.7 Å². The number of anilines is 1. The molecule has 0 aromatic heterocycles. The first-order valence-electron chi connectivity index (χ1n) is 20.3. The number of nitriles is 1. The van der Waals surface area contributed by atoms with Crippen LogP contribution in [0.15, 0.2) is 60.7 Å². The van der Waals surface area contributed by atoms with Crippen LogP contribution in [0, 0.1) is 35.0 Å². The minimum Gasteiger partial charge on any atom is -0.488 e. The minimum atomic E-state index is -0.979. The number of piperidine rings is 3. The summed E-state index contributed by atoms with van der Waals surface area (Å²) in [6, 6.07) is 18.7. The van der Waals surface area contributed by atoms with Crippen LogP contribution < -0.4 is 20.3 Å². The van der Waals surface area contributed by atoms with Gasteiger partial charge in [-0.05, 0) is 119 Å². The van der Waals surface area contributed by atoms with Crippen molar-refractivity contribution in [2.75, 3.05) is 37.6 Å². The fraction of sp³-hybridized carbons (Fsp3) is 0.422. The summed E-state index contributed by atoms with van der Waals surface area (Å²) >= 11 is 6.18. The number of nitrogens with one attached hydrogen (secondary N) is 2. The number of amides is 5. The first kappa shape index (κ1) is 39.2. The number of likely N-dealkylation sites (tertiary alicyclic amines) is 1. The Morgan fingerprint density at radius 1 is 0.897 bits per heavy atom. The summed E-state index contributed by atoms with van der Waals surface area (Å²) in [5.74, 6) is 6.13. The predicted molar refractivity (Wildman–Crippen MR) is 216 cm³/mol. The molecule has 3 aromatic rings. The molecule has 13 heteroatoms. The molecule has 12 nitrogen and oxygen atoms in total. The molecule has 4 fully saturated rings. The molecule has 4 aliphatic heterocycles. The number of imide groups is 2. The van der Waals surface area contributed by atoms with Crippen molar-refractivity contribution in [2.24, 2.45) is 11.8 Å². The Morgan fingerprint density at radius 2 is 1.67 bits per heavy atom. The van der Waals surface area contributed by atoms with Crippen LogP contribution in [0.4, 0.5) is 5.69 Å². The summed E-state index contributed by atoms with van der Waals surface area (Å²) in [7, 11) is 0. The molecular weight excluding hydrogens is 756 g/mol. The monoisotopic (exact) mass is 800 g/mol. The summed E-state index contributed by atoms with van der Waals surface area (Å²) in [5, 5.41) is 14.9. The Hall–Kier alpha value is -5.69. The first-order chi connectivity index (χ1) is 28.1. The van der Waals surface area contributed by atoms with Crippen molar-refractivity contribution in [1.82, 2.24) is 20.4 Å². The largest absolute Gasteiger partial charge is 0.488 e. The molecule has 5 aliphatic rings. The topological polar surface area (TPSA) is 152 Å². The molecule has 58 heavy (non-hydrogen) atoms. The van der Waals surface area contributed by atoms with Crippen LogP contribution in [0.25, 0.3) is 0 Å². The lowest BCUT2D eigenvalue weighted by atomic mass is 9.92. The average molecular weight is 801 g/mol. The maximum atomic E-state index is 13.6. The van der Waals surface area contributed by atoms with Crippen LogP contribution in [0.5, 0.6) is 5.75 Å². The van der Waals surface area contributed by atoms with Gasteiger partial charge in [0.15, 0.2) is 0 Å². The number of nitrogens with zero attached hydrogens (tertiary/aromatic N) is 4. The van der Waals surface area contributed by atoms with Gasteiger partial charge in [0.2, 0.25) is 11.8 Å². The molecular formula is C45H45ClN6O6. The van der Waals surface area contributed by atoms with E-state index >= 15 is 0 Å². The van der Waals surface area contributed by atoms with E-state index in [2.05, 4.69) is 38.3 Å². The molecule has 5 amide bonds. The molecule has 3 saturated heterocycles. The highest BCUT2D eigenvalue weighted by atomic mass is 35.5. The summed E-state index contributed by atoms with van der Waals surface area (Å²) in [6.45, 7) is 4.54. The molecule has 8 rings (SSSR count). The number of rotatable bonds is 8. The fourth-order valence-electron chi connectivity index (χ4n) is 8.95. The van der Waals surface area contributed by atoms with E-state index in [9.17, 15) is 24.0 Å². The van der Waals surface area contributed by atoms with Gasteiger partial charge in [-0.3, -0.25) is 34.2 Å². The zero-order chi connectivity index (χ0) is 40.3. The van der Waals surface area contributed by atoms with Gasteiger partial charge < -0.3 is 19.9 Å². The highest BCUT2D eigenvalue weighted by Crippen LogP contribution is 2.36. The van der Waals surface area contributed by atoms with Gasteiger partial charge in [0.1, 0.15) is 24.0 Å². The maximum Gasteiger partial charge on any atom is 0.264 e. The van der Waals surface area contributed by atoms with Gasteiger partial charge in [-0.2, -0.15) is 5.26 Å². The quantitative estimate of drug-likeness (QED) is 0.228. The molecule has 0 bridgehead atoms. The number of benzene rings is 3. The first-order valence-corrected chi connectivity index (χ1v) is 20.6. The molecule has 3 atom stereocenters. The molecule has 0 spiro atoms. The Kier molecular flexibility index (Phi) is 11.5. The summed E-state index contributed by atoms with van der Waals surface area (Å²) in [4.78, 5) is 70.0. The summed E-state index contributed by atoms with van der Waals surface area (Å²) < 4.78 is 6.15. The van der Waals surface area contributed by atoms with Crippen LogP contribution in [0.2, 0.25) is 5.02 Å². The van der Waals surface area contributed by atoms with Gasteiger partial charge in [-0.25, -0.2) is 0 Å². The van der Waals surface area contributed by atoms with Crippen molar-refractivity contribution in [3.63, 3.8) is 0 Å². The van der Waals surface area contributed by atoms with Gasteiger partial charge in [-0.15, -0.1) is 0 Å². The number of hydrogen-bond acceptors (Lipinski definition) is 9. The van der Waals surface area contributed by atoms with E-state index in [1.807, 2.05) is 30.3 Å². The predicted octanol–water partition coefficient (Wildman–Crippen LogP) is 5.32. The Labute approximate surface area is 342 Å². The van der Waals surface area contributed by atoms with Crippen LogP contribution in [-0.4, -0.2) is 90.2 Å². The molecule has 298 valence electrons. The third-order valence-electron chi connectivity index (χ3n) is 12.2. The number of ether oxygens (including phenoxy) is 1. The highest BCUT2D eigenvalue weighted by molar-refractivity contribution is 6.31. The molecule has 0 radical (unpaired) electrons. The molecule has 3 unspecified atom stereocenters. The number of carbonyl (C=O) groups excluding carboxylic acids is 5. The van der Waals surface area contributed by atoms with Crippen LogP contribution in [0.1, 0.15) is 100.0 Å². The van der Waals surface area contributed by atoms with E-state index in [4.69, 9.17) is 21.6 Å². The smallest absolute Gasteiger partial charge is 0.264 e. The van der Waals surface area contributed by atoms with Gasteiger partial charge in [0.25, 0.3) is 17.7 Å². The lowest BCUT2D eigenvalue weighted by molar-refractivity contribution is -0.136. The number of halogens is 1. The summed E-state index contributed by atoms with van der Waals surface area (Å²) in [5.41, 5.74) is 3.25. The lowest BCUT2D eigenvalue weighted by Gasteiger charge is -2.38. The number of fused-ring (bicyclic) bond motifs is 1. The Morgan fingerprint density at radius 3 is 2.40 bits per heavy atom. The van der Waals surface area contributed by atoms with E-state index in [0.29, 0.717) is 44.9 Å². The zero-order valence-corrected chi connectivity index (χ0v) is 32.9. The van der Waals surface area contributed by atoms with Crippen molar-refractivity contribution in [2.45, 2.75) is 76.0 Å². The van der Waals surface area contributed by atoms with Gasteiger partial charge >= 0.3 is 0 Å². The highest BCUT2D eigenvalue weighted by Gasteiger charge is 2.46. The third-order valence-corrected chi connectivity index (χ3v) is 12.5. The van der Waals surface area contributed by atoms with Gasteiger partial charge in [0.05, 0.1) is 33.4 Å². The second-order valence-corrected chi connectivity index (χ2v) is 16.3. The minimum absolute atomic E-state index is 0.0907. The standard InChI is InChI=1S/C45H45ClN6O6/c46-35-25-33(14-13-32(35)26-47)58-39-6-2-4-36(39)48-42(54)31-11-9-28(10-12-31)7-8-29-17-21-50(22-18-29)27-30-19-23-51(24-20-30)37-5-1-3-34-41(37)45(57)52(44(34)56)38-15-16-40(53)49-43(38)55/h1,3,5,9-14,25,29-30,36,38-39H,2,4,6,15-24,27H2,(H,48,54)(H,49,53,55). The molecule has 1 aliphatic carbocycles. The van der Waals surface area contributed by atoms with Crippen LogP contribution in [-0.2, 0) is 9.59 Å².